The van der Waals surface area contributed by atoms with Crippen LogP contribution >= 0.6 is 39.1 Å². The van der Waals surface area contributed by atoms with Gasteiger partial charge in [0.05, 0.1) is 34.2 Å². The Kier molecular flexibility index (Phi) is 4.11. The van der Waals surface area contributed by atoms with Gasteiger partial charge in [0.25, 0.3) is 0 Å². The van der Waals surface area contributed by atoms with Gasteiger partial charge in [-0.25, -0.2) is 4.98 Å². The predicted molar refractivity (Wildman–Crippen MR) is 89.9 cm³/mol. The smallest absolute Gasteiger partial charge is 0.135 e. The summed E-state index contributed by atoms with van der Waals surface area (Å²) >= 11 is 15.5. The highest BCUT2D eigenvalue weighted by Crippen LogP contribution is 2.31. The number of benzene rings is 2. The molecule has 2 aromatic carbocycles. The molecule has 0 saturated carbocycles. The fraction of sp³-hybridized carbons (Fsp3) is 0.133. The minimum Gasteiger partial charge on any atom is -0.495 e. The Morgan fingerprint density at radius 2 is 2.05 bits per heavy atom. The molecule has 3 aromatic rings. The maximum absolute atomic E-state index is 6.04. The van der Waals surface area contributed by atoms with Gasteiger partial charge in [-0.2, -0.15) is 0 Å². The standard InChI is InChI=1S/C15H11BrCl2N2O/c1-21-14-7-10(3-4-11(14)16)20-13-5-2-9(18)6-12(13)19-15(20)8-17/h2-7H,8H2,1H3. The molecule has 1 heterocycles. The van der Waals surface area contributed by atoms with Crippen LogP contribution < -0.4 is 4.74 Å². The fourth-order valence-electron chi connectivity index (χ4n) is 2.27. The molecule has 108 valence electrons. The van der Waals surface area contributed by atoms with Crippen LogP contribution in [0, 0.1) is 0 Å². The zero-order chi connectivity index (χ0) is 15.0. The van der Waals surface area contributed by atoms with Crippen molar-refractivity contribution in [3.8, 4) is 11.4 Å². The zero-order valence-corrected chi connectivity index (χ0v) is 14.2. The molecule has 0 atom stereocenters. The third-order valence-corrected chi connectivity index (χ3v) is 4.33. The molecule has 3 nitrogen and oxygen atoms in total. The Morgan fingerprint density at radius 1 is 1.24 bits per heavy atom. The van der Waals surface area contributed by atoms with Crippen LogP contribution in [0.1, 0.15) is 5.82 Å². The lowest BCUT2D eigenvalue weighted by atomic mass is 10.2. The second-order valence-electron chi connectivity index (χ2n) is 4.45. The summed E-state index contributed by atoms with van der Waals surface area (Å²) in [6, 6.07) is 11.5. The third kappa shape index (κ3) is 2.63. The number of hydrogen-bond acceptors (Lipinski definition) is 2. The van der Waals surface area contributed by atoms with Gasteiger partial charge >= 0.3 is 0 Å². The average molecular weight is 386 g/mol. The summed E-state index contributed by atoms with van der Waals surface area (Å²) < 4.78 is 8.26. The molecule has 0 unspecified atom stereocenters. The van der Waals surface area contributed by atoms with Crippen LogP contribution in [0.2, 0.25) is 5.02 Å². The molecule has 0 saturated heterocycles. The van der Waals surface area contributed by atoms with Gasteiger partial charge in [0.2, 0.25) is 0 Å². The first-order valence-corrected chi connectivity index (χ1v) is 7.91. The van der Waals surface area contributed by atoms with Crippen LogP contribution in [0.15, 0.2) is 40.9 Å². The number of imidazole rings is 1. The van der Waals surface area contributed by atoms with Crippen molar-refractivity contribution >= 4 is 50.2 Å². The summed E-state index contributed by atoms with van der Waals surface area (Å²) in [6.45, 7) is 0. The van der Waals surface area contributed by atoms with Crippen LogP contribution in [-0.2, 0) is 5.88 Å². The van der Waals surface area contributed by atoms with Crippen molar-refractivity contribution in [3.63, 3.8) is 0 Å². The highest BCUT2D eigenvalue weighted by atomic mass is 79.9. The van der Waals surface area contributed by atoms with E-state index in [4.69, 9.17) is 27.9 Å². The lowest BCUT2D eigenvalue weighted by Crippen LogP contribution is -2.00. The largest absolute Gasteiger partial charge is 0.495 e. The van der Waals surface area contributed by atoms with E-state index in [9.17, 15) is 0 Å². The van der Waals surface area contributed by atoms with E-state index in [1.807, 2.05) is 41.0 Å². The molecule has 0 aliphatic carbocycles. The molecule has 0 fully saturated rings. The van der Waals surface area contributed by atoms with Gasteiger partial charge in [-0.05, 0) is 46.3 Å². The third-order valence-electron chi connectivity index (χ3n) is 3.20. The summed E-state index contributed by atoms with van der Waals surface area (Å²) in [7, 11) is 1.64. The van der Waals surface area contributed by atoms with E-state index >= 15 is 0 Å². The number of methoxy groups -OCH3 is 1. The van der Waals surface area contributed by atoms with Gasteiger partial charge in [-0.1, -0.05) is 11.6 Å². The number of nitrogens with zero attached hydrogens (tertiary/aromatic N) is 2. The highest BCUT2D eigenvalue weighted by Gasteiger charge is 2.13. The molecule has 1 aromatic heterocycles. The van der Waals surface area contributed by atoms with Gasteiger partial charge in [0.1, 0.15) is 11.6 Å². The van der Waals surface area contributed by atoms with Crippen LogP contribution in [0.3, 0.4) is 0 Å². The summed E-state index contributed by atoms with van der Waals surface area (Å²) in [4.78, 5) is 4.54. The van der Waals surface area contributed by atoms with Crippen molar-refractivity contribution in [1.82, 2.24) is 9.55 Å². The van der Waals surface area contributed by atoms with Crippen LogP contribution in [0.4, 0.5) is 0 Å². The van der Waals surface area contributed by atoms with E-state index in [-0.39, 0.29) is 0 Å². The molecule has 0 aliphatic rings. The van der Waals surface area contributed by atoms with Gasteiger partial charge < -0.3 is 4.74 Å². The quantitative estimate of drug-likeness (QED) is 0.580. The van der Waals surface area contributed by atoms with Crippen LogP contribution in [0.25, 0.3) is 16.7 Å². The Morgan fingerprint density at radius 3 is 2.76 bits per heavy atom. The molecule has 0 radical (unpaired) electrons. The molecular formula is C15H11BrCl2N2O. The van der Waals surface area contributed by atoms with Crippen molar-refractivity contribution < 1.29 is 4.74 Å². The minimum atomic E-state index is 0.310. The summed E-state index contributed by atoms with van der Waals surface area (Å²) in [5.41, 5.74) is 2.72. The normalized spacial score (nSPS) is 11.0. The Labute approximate surface area is 140 Å². The fourth-order valence-corrected chi connectivity index (χ4v) is 3.02. The second kappa shape index (κ2) is 5.87. The lowest BCUT2D eigenvalue weighted by molar-refractivity contribution is 0.412. The minimum absolute atomic E-state index is 0.310. The molecule has 0 amide bonds. The summed E-state index contributed by atoms with van der Waals surface area (Å²) in [5.74, 6) is 1.83. The van der Waals surface area contributed by atoms with Crippen LogP contribution in [-0.4, -0.2) is 16.7 Å². The SMILES string of the molecule is COc1cc(-n2c(CCl)nc3cc(Cl)ccc32)ccc1Br. The number of halogens is 3. The van der Waals surface area contributed by atoms with Crippen molar-refractivity contribution in [2.75, 3.05) is 7.11 Å². The molecule has 0 bridgehead atoms. The van der Waals surface area contributed by atoms with Crippen LogP contribution in [0.5, 0.6) is 5.75 Å². The van der Waals surface area contributed by atoms with Crippen molar-refractivity contribution in [3.05, 3.63) is 51.7 Å². The van der Waals surface area contributed by atoms with Gasteiger partial charge in [0.15, 0.2) is 0 Å². The lowest BCUT2D eigenvalue weighted by Gasteiger charge is -2.10. The number of fused-ring (bicyclic) bond motifs is 1. The maximum Gasteiger partial charge on any atom is 0.135 e. The number of ether oxygens (including phenoxy) is 1. The number of hydrogen-bond donors (Lipinski definition) is 0. The zero-order valence-electron chi connectivity index (χ0n) is 11.1. The molecule has 6 heteroatoms. The average Bonchev–Trinajstić information content (AvgIpc) is 2.85. The van der Waals surface area contributed by atoms with Crippen molar-refractivity contribution in [2.45, 2.75) is 5.88 Å². The van der Waals surface area contributed by atoms with E-state index in [1.54, 1.807) is 7.11 Å². The van der Waals surface area contributed by atoms with Gasteiger partial charge in [-0.15, -0.1) is 11.6 Å². The first-order valence-electron chi connectivity index (χ1n) is 6.21. The molecule has 3 rings (SSSR count). The molecule has 0 N–H and O–H groups in total. The van der Waals surface area contributed by atoms with E-state index in [0.717, 1.165) is 32.8 Å². The second-order valence-corrected chi connectivity index (χ2v) is 6.01. The van der Waals surface area contributed by atoms with E-state index in [0.29, 0.717) is 10.9 Å². The van der Waals surface area contributed by atoms with E-state index in [1.165, 1.54) is 0 Å². The van der Waals surface area contributed by atoms with E-state index in [2.05, 4.69) is 20.9 Å². The van der Waals surface area contributed by atoms with Gasteiger partial charge in [0, 0.05) is 11.1 Å². The monoisotopic (exact) mass is 384 g/mol. The Bertz CT molecular complexity index is 817. The summed E-state index contributed by atoms with van der Waals surface area (Å²) in [6.07, 6.45) is 0. The number of rotatable bonds is 3. The predicted octanol–water partition coefficient (Wildman–Crippen LogP) is 5.19. The first-order chi connectivity index (χ1) is 10.1. The number of alkyl halides is 1. The molecule has 0 spiro atoms. The van der Waals surface area contributed by atoms with Crippen molar-refractivity contribution in [2.24, 2.45) is 0 Å². The Hall–Kier alpha value is -1.23. The maximum atomic E-state index is 6.04. The van der Waals surface area contributed by atoms with E-state index < -0.39 is 0 Å². The highest BCUT2D eigenvalue weighted by molar-refractivity contribution is 9.10. The summed E-state index contributed by atoms with van der Waals surface area (Å²) in [5, 5.41) is 0.654. The first kappa shape index (κ1) is 14.7. The topological polar surface area (TPSA) is 27.1 Å². The molecular weight excluding hydrogens is 375 g/mol. The Balaban J connectivity index is 2.28. The molecule has 21 heavy (non-hydrogen) atoms. The molecule has 0 aliphatic heterocycles. The van der Waals surface area contributed by atoms with Gasteiger partial charge in [-0.3, -0.25) is 4.57 Å². The van der Waals surface area contributed by atoms with Crippen molar-refractivity contribution in [1.29, 1.82) is 0 Å². The number of aromatic nitrogens is 2.